The molecule has 0 atom stereocenters. The van der Waals surface area contributed by atoms with Gasteiger partial charge in [-0.3, -0.25) is 9.59 Å². The van der Waals surface area contributed by atoms with E-state index in [4.69, 9.17) is 6.42 Å². The van der Waals surface area contributed by atoms with E-state index in [1.807, 2.05) is 0 Å². The molecule has 1 aromatic heterocycles. The number of carbonyl (C=O) groups excluding carboxylic acids is 1. The second-order valence-corrected chi connectivity index (χ2v) is 5.71. The van der Waals surface area contributed by atoms with Gasteiger partial charge in [0.05, 0.1) is 24.3 Å². The van der Waals surface area contributed by atoms with Crippen molar-refractivity contribution >= 4 is 5.91 Å². The first kappa shape index (κ1) is 14.4. The van der Waals surface area contributed by atoms with Crippen molar-refractivity contribution in [3.8, 4) is 12.3 Å². The van der Waals surface area contributed by atoms with E-state index in [1.165, 1.54) is 0 Å². The fraction of sp³-hybridized carbons (Fsp3) is 0.533. The van der Waals surface area contributed by atoms with Crippen LogP contribution in [0.3, 0.4) is 0 Å². The van der Waals surface area contributed by atoms with E-state index >= 15 is 0 Å². The van der Waals surface area contributed by atoms with Crippen LogP contribution in [0.25, 0.3) is 0 Å². The van der Waals surface area contributed by atoms with E-state index < -0.39 is 5.66 Å². The quantitative estimate of drug-likeness (QED) is 0.830. The number of aryl methyl sites for hydroxylation is 1. The summed E-state index contributed by atoms with van der Waals surface area (Å²) in [4.78, 5) is 32.8. The highest BCUT2D eigenvalue weighted by Crippen LogP contribution is 2.38. The van der Waals surface area contributed by atoms with Gasteiger partial charge in [0.15, 0.2) is 5.66 Å². The zero-order chi connectivity index (χ0) is 15.7. The molecule has 114 valence electrons. The maximum absolute atomic E-state index is 12.3. The highest BCUT2D eigenvalue weighted by molar-refractivity contribution is 5.77. The lowest BCUT2D eigenvalue weighted by atomic mass is 10.0. The lowest BCUT2D eigenvalue weighted by molar-refractivity contribution is -0.132. The number of aromatic amines is 1. The second kappa shape index (κ2) is 5.37. The van der Waals surface area contributed by atoms with Crippen LogP contribution < -0.4 is 5.56 Å². The van der Waals surface area contributed by atoms with Gasteiger partial charge in [-0.25, -0.2) is 4.98 Å². The number of hydrogen-bond donors (Lipinski definition) is 1. The predicted octanol–water partition coefficient (Wildman–Crippen LogP) is 1.28. The minimum Gasteiger partial charge on any atom is -0.332 e. The molecular weight excluding hydrogens is 282 g/mol. The number of aromatic nitrogens is 2. The minimum atomic E-state index is -0.444. The first-order chi connectivity index (χ1) is 10.5. The summed E-state index contributed by atoms with van der Waals surface area (Å²) in [7, 11) is 0. The van der Waals surface area contributed by atoms with Gasteiger partial charge in [0.25, 0.3) is 5.56 Å². The average molecular weight is 299 g/mol. The zero-order valence-electron chi connectivity index (χ0n) is 12.4. The summed E-state index contributed by atoms with van der Waals surface area (Å²) in [6.07, 6.45) is 7.47. The zero-order valence-corrected chi connectivity index (χ0v) is 12.4. The molecule has 7 heteroatoms. The van der Waals surface area contributed by atoms with Crippen LogP contribution in [0.2, 0.25) is 0 Å². The van der Waals surface area contributed by atoms with Gasteiger partial charge in [-0.05, 0) is 6.92 Å². The van der Waals surface area contributed by atoms with Crippen molar-refractivity contribution in [1.29, 1.82) is 0 Å². The molecule has 1 aromatic rings. The second-order valence-electron chi connectivity index (χ2n) is 5.71. The topological polar surface area (TPSA) is 90.8 Å². The third kappa shape index (κ3) is 2.77. The lowest BCUT2D eigenvalue weighted by Crippen LogP contribution is -2.27. The SMILES string of the molecule is C#CCCC1(CCC(=O)N2Cc3nc(C)[nH]c(=O)c3C2)N=N1. The molecule has 0 aliphatic carbocycles. The molecule has 22 heavy (non-hydrogen) atoms. The van der Waals surface area contributed by atoms with Gasteiger partial charge in [0, 0.05) is 25.7 Å². The van der Waals surface area contributed by atoms with Crippen LogP contribution in [0.1, 0.15) is 42.8 Å². The molecule has 0 aromatic carbocycles. The Morgan fingerprint density at radius 2 is 2.18 bits per heavy atom. The molecule has 1 amide bonds. The Morgan fingerprint density at radius 3 is 2.86 bits per heavy atom. The molecule has 7 nitrogen and oxygen atoms in total. The number of H-pyrrole nitrogens is 1. The molecule has 0 bridgehead atoms. The van der Waals surface area contributed by atoms with Crippen molar-refractivity contribution in [2.24, 2.45) is 10.2 Å². The number of nitrogens with one attached hydrogen (secondary N) is 1. The minimum absolute atomic E-state index is 0.00700. The Labute approximate surface area is 127 Å². The van der Waals surface area contributed by atoms with Crippen LogP contribution in [0.15, 0.2) is 15.0 Å². The molecule has 0 saturated heterocycles. The number of rotatable bonds is 5. The molecule has 2 aliphatic rings. The molecule has 0 radical (unpaired) electrons. The molecule has 2 aliphatic heterocycles. The summed E-state index contributed by atoms with van der Waals surface area (Å²) in [5, 5.41) is 8.05. The number of amides is 1. The normalized spacial score (nSPS) is 17.2. The summed E-state index contributed by atoms with van der Waals surface area (Å²) in [6, 6.07) is 0. The fourth-order valence-corrected chi connectivity index (χ4v) is 2.70. The van der Waals surface area contributed by atoms with Crippen LogP contribution in [0, 0.1) is 19.3 Å². The summed E-state index contributed by atoms with van der Waals surface area (Å²) in [6.45, 7) is 2.45. The number of carbonyl (C=O) groups is 1. The van der Waals surface area contributed by atoms with Crippen molar-refractivity contribution < 1.29 is 4.79 Å². The molecule has 3 rings (SSSR count). The van der Waals surface area contributed by atoms with Crippen LogP contribution in [0.5, 0.6) is 0 Å². The standard InChI is InChI=1S/C15H17N5O2/c1-3-4-6-15(18-19-15)7-5-13(21)20-8-11-12(9-20)16-10(2)17-14(11)22/h1H,4-9H2,2H3,(H,16,17,22). The van der Waals surface area contributed by atoms with E-state index in [0.717, 1.165) is 0 Å². The smallest absolute Gasteiger partial charge is 0.256 e. The van der Waals surface area contributed by atoms with Crippen molar-refractivity contribution in [2.75, 3.05) is 0 Å². The van der Waals surface area contributed by atoms with Gasteiger partial charge in [-0.2, -0.15) is 10.2 Å². The summed E-state index contributed by atoms with van der Waals surface area (Å²) < 4.78 is 0. The number of terminal acetylenes is 1. The molecule has 0 unspecified atom stereocenters. The van der Waals surface area contributed by atoms with Crippen molar-refractivity contribution in [1.82, 2.24) is 14.9 Å². The molecule has 0 fully saturated rings. The summed E-state index contributed by atoms with van der Waals surface area (Å²) in [5.41, 5.74) is 0.677. The van der Waals surface area contributed by atoms with Crippen LogP contribution in [-0.2, 0) is 17.9 Å². The Kier molecular flexibility index (Phi) is 3.53. The molecule has 0 saturated carbocycles. The van der Waals surface area contributed by atoms with Gasteiger partial charge < -0.3 is 9.88 Å². The van der Waals surface area contributed by atoms with E-state index in [1.54, 1.807) is 11.8 Å². The fourth-order valence-electron chi connectivity index (χ4n) is 2.70. The van der Waals surface area contributed by atoms with Gasteiger partial charge in [-0.1, -0.05) is 0 Å². The maximum Gasteiger partial charge on any atom is 0.256 e. The number of fused-ring (bicyclic) bond motifs is 1. The molecule has 0 spiro atoms. The maximum atomic E-state index is 12.3. The van der Waals surface area contributed by atoms with Crippen molar-refractivity contribution in [3.63, 3.8) is 0 Å². The first-order valence-electron chi connectivity index (χ1n) is 7.27. The predicted molar refractivity (Wildman–Crippen MR) is 78.7 cm³/mol. The Morgan fingerprint density at radius 1 is 1.41 bits per heavy atom. The largest absolute Gasteiger partial charge is 0.332 e. The van der Waals surface area contributed by atoms with E-state index in [0.29, 0.717) is 55.9 Å². The molecule has 1 N–H and O–H groups in total. The van der Waals surface area contributed by atoms with E-state index in [9.17, 15) is 9.59 Å². The third-order valence-corrected chi connectivity index (χ3v) is 4.05. The van der Waals surface area contributed by atoms with Crippen molar-refractivity contribution in [3.05, 3.63) is 27.4 Å². The van der Waals surface area contributed by atoms with Gasteiger partial charge in [0.2, 0.25) is 5.91 Å². The lowest BCUT2D eigenvalue weighted by Gasteiger charge is -2.16. The highest BCUT2D eigenvalue weighted by atomic mass is 16.2. The van der Waals surface area contributed by atoms with Gasteiger partial charge in [-0.15, -0.1) is 12.3 Å². The third-order valence-electron chi connectivity index (χ3n) is 4.05. The van der Waals surface area contributed by atoms with E-state index in [-0.39, 0.29) is 11.5 Å². The average Bonchev–Trinajstić information content (AvgIpc) is 3.12. The molecule has 3 heterocycles. The number of nitrogens with zero attached hydrogens (tertiary/aromatic N) is 4. The monoisotopic (exact) mass is 299 g/mol. The van der Waals surface area contributed by atoms with E-state index in [2.05, 4.69) is 26.1 Å². The Hall–Kier alpha value is -2.49. The summed E-state index contributed by atoms with van der Waals surface area (Å²) in [5.74, 6) is 3.13. The number of hydrogen-bond acceptors (Lipinski definition) is 5. The molecular formula is C15H17N5O2. The highest BCUT2D eigenvalue weighted by Gasteiger charge is 2.40. The first-order valence-corrected chi connectivity index (χ1v) is 7.27. The van der Waals surface area contributed by atoms with Crippen LogP contribution >= 0.6 is 0 Å². The van der Waals surface area contributed by atoms with Gasteiger partial charge in [0.1, 0.15) is 5.82 Å². The van der Waals surface area contributed by atoms with Crippen LogP contribution in [0.4, 0.5) is 0 Å². The Bertz CT molecular complexity index is 737. The summed E-state index contributed by atoms with van der Waals surface area (Å²) >= 11 is 0. The Balaban J connectivity index is 1.58. The van der Waals surface area contributed by atoms with Gasteiger partial charge >= 0.3 is 0 Å². The van der Waals surface area contributed by atoms with Crippen molar-refractivity contribution in [2.45, 2.75) is 51.4 Å². The van der Waals surface area contributed by atoms with Crippen LogP contribution in [-0.4, -0.2) is 26.4 Å².